The second-order valence-corrected chi connectivity index (χ2v) is 12.2. The molecule has 6 nitrogen and oxygen atoms in total. The molecule has 2 atom stereocenters. The maximum Gasteiger partial charge on any atom is 0.273 e. The molecule has 215 valence electrons. The van der Waals surface area contributed by atoms with Crippen LogP contribution in [0.3, 0.4) is 0 Å². The van der Waals surface area contributed by atoms with Crippen LogP contribution in [-0.2, 0) is 60.6 Å². The van der Waals surface area contributed by atoms with Gasteiger partial charge in [0.1, 0.15) is 17.3 Å². The first kappa shape index (κ1) is 31.7. The summed E-state index contributed by atoms with van der Waals surface area (Å²) in [7, 11) is -1.04. The molecule has 3 heterocycles. The normalized spacial score (nSPS) is 17.7. The van der Waals surface area contributed by atoms with Crippen molar-refractivity contribution in [2.75, 3.05) is 36.5 Å². The van der Waals surface area contributed by atoms with Crippen molar-refractivity contribution in [1.82, 2.24) is 9.88 Å². The van der Waals surface area contributed by atoms with Crippen LogP contribution in [0.5, 0.6) is 11.5 Å². The van der Waals surface area contributed by atoms with Gasteiger partial charge in [0.15, 0.2) is 0 Å². The molecule has 3 aromatic rings. The zero-order valence-corrected chi connectivity index (χ0v) is 27.1. The summed E-state index contributed by atoms with van der Waals surface area (Å²) in [6.45, 7) is 3.82. The van der Waals surface area contributed by atoms with Crippen molar-refractivity contribution in [2.45, 2.75) is 44.6 Å². The predicted molar refractivity (Wildman–Crippen MR) is 153 cm³/mol. The molecule has 0 bridgehead atoms. The third kappa shape index (κ3) is 7.60. The van der Waals surface area contributed by atoms with Crippen molar-refractivity contribution >= 4 is 22.5 Å². The number of fused-ring (bicyclic) bond motifs is 1. The van der Waals surface area contributed by atoms with Crippen LogP contribution in [0, 0.1) is 5.92 Å². The Labute approximate surface area is 268 Å². The second kappa shape index (κ2) is 13.8. The van der Waals surface area contributed by atoms with E-state index in [-0.39, 0.29) is 63.1 Å². The van der Waals surface area contributed by atoms with Crippen LogP contribution in [0.15, 0.2) is 66.9 Å². The van der Waals surface area contributed by atoms with Crippen molar-refractivity contribution in [1.29, 1.82) is 0 Å². The van der Waals surface area contributed by atoms with Crippen LogP contribution in [0.1, 0.15) is 48.9 Å². The van der Waals surface area contributed by atoms with Crippen LogP contribution in [0.2, 0.25) is 0 Å². The Kier molecular flexibility index (Phi) is 10.7. The zero-order valence-electron chi connectivity index (χ0n) is 23.5. The van der Waals surface area contributed by atoms with Crippen LogP contribution in [0.25, 0.3) is 0 Å². The van der Waals surface area contributed by atoms with Gasteiger partial charge in [-0.15, -0.1) is 0 Å². The topological polar surface area (TPSA) is 62.7 Å². The molecule has 2 aromatic carbocycles. The van der Waals surface area contributed by atoms with E-state index in [0.29, 0.717) is 29.7 Å². The Hall–Kier alpha value is -2.23. The number of aromatic nitrogens is 1. The van der Waals surface area contributed by atoms with E-state index in [0.717, 1.165) is 37.3 Å². The average molecular weight is 657 g/mol. The summed E-state index contributed by atoms with van der Waals surface area (Å²) in [4.78, 5) is 21.9. The number of hydrogen-bond donors (Lipinski definition) is 0. The Morgan fingerprint density at radius 1 is 1.10 bits per heavy atom. The van der Waals surface area contributed by atoms with E-state index in [1.165, 1.54) is 24.6 Å². The minimum absolute atomic E-state index is 0. The van der Waals surface area contributed by atoms with Gasteiger partial charge in [0.2, 0.25) is 5.91 Å². The van der Waals surface area contributed by atoms with E-state index in [9.17, 15) is 17.8 Å². The fraction of sp³-hybridized carbons (Fsp3) is 0.419. The van der Waals surface area contributed by atoms with Gasteiger partial charge in [-0.25, -0.2) is 13.8 Å². The molecule has 1 amide bonds. The molecule has 5 rings (SSSR count). The summed E-state index contributed by atoms with van der Waals surface area (Å²) >= 11 is 0. The number of halogens is 2. The van der Waals surface area contributed by atoms with Crippen molar-refractivity contribution in [2.24, 2.45) is 5.92 Å². The van der Waals surface area contributed by atoms with Crippen molar-refractivity contribution < 1.29 is 55.2 Å². The Morgan fingerprint density at radius 3 is 2.49 bits per heavy atom. The van der Waals surface area contributed by atoms with Gasteiger partial charge in [-0.3, -0.25) is 9.00 Å². The first-order chi connectivity index (χ1) is 19.2. The van der Waals surface area contributed by atoms with E-state index in [1.54, 1.807) is 24.6 Å². The summed E-state index contributed by atoms with van der Waals surface area (Å²) in [5.74, 6) is -0.0677. The number of ether oxygens (including phenoxy) is 1. The smallest absolute Gasteiger partial charge is 0.273 e. The molecule has 2 aliphatic heterocycles. The molecule has 0 N–H and O–H groups in total. The summed E-state index contributed by atoms with van der Waals surface area (Å²) in [5.41, 5.74) is 2.20. The molecule has 1 saturated heterocycles. The number of pyridine rings is 1. The van der Waals surface area contributed by atoms with Crippen LogP contribution < -0.4 is 9.64 Å². The number of nitrogens with zero attached hydrogens (tertiary/aromatic N) is 3. The number of alkyl halides is 2. The Balaban J connectivity index is 0.00000387. The Bertz CT molecular complexity index is 1350. The molecule has 0 spiro atoms. The fourth-order valence-corrected chi connectivity index (χ4v) is 6.00. The van der Waals surface area contributed by atoms with E-state index in [1.807, 2.05) is 41.3 Å². The summed E-state index contributed by atoms with van der Waals surface area (Å²) < 4.78 is 45.9. The first-order valence-electron chi connectivity index (χ1n) is 13.8. The van der Waals surface area contributed by atoms with Gasteiger partial charge in [-0.05, 0) is 78.4 Å². The van der Waals surface area contributed by atoms with Gasteiger partial charge in [-0.2, -0.15) is 0 Å². The largest absolute Gasteiger partial charge is 0.457 e. The Morgan fingerprint density at radius 2 is 1.83 bits per heavy atom. The first-order valence-corrected chi connectivity index (χ1v) is 15.5. The molecule has 0 aliphatic carbocycles. The number of carbonyl (C=O) groups is 1. The third-order valence-corrected chi connectivity index (χ3v) is 8.62. The number of amides is 1. The van der Waals surface area contributed by atoms with Gasteiger partial charge in [-0.1, -0.05) is 19.1 Å². The van der Waals surface area contributed by atoms with Gasteiger partial charge in [0.25, 0.3) is 5.92 Å². The van der Waals surface area contributed by atoms with Gasteiger partial charge < -0.3 is 14.5 Å². The van der Waals surface area contributed by atoms with Crippen molar-refractivity contribution in [3.63, 3.8) is 0 Å². The number of anilines is 1. The molecule has 1 radical (unpaired) electrons. The average Bonchev–Trinajstić information content (AvgIpc) is 2.94. The molecule has 41 heavy (non-hydrogen) atoms. The standard InChI is InChI=1S/C31H35F2N3O3S.Y/c1-3-31(32,33)24-8-11-25(12-9-24)39-26-10-7-23-13-16-36(30(37)14-17-40(2)38)28(27(23)19-26)18-22-20-35(21-22)29-6-4-5-15-34-29;/h4-12,15,19,22,28H,3,13-14,16-18,20-21H2,1-2H3;. The third-order valence-electron chi connectivity index (χ3n) is 7.84. The summed E-state index contributed by atoms with van der Waals surface area (Å²) in [5, 5.41) is 0. The number of rotatable bonds is 10. The summed E-state index contributed by atoms with van der Waals surface area (Å²) in [6.07, 6.45) is 4.95. The van der Waals surface area contributed by atoms with Crippen molar-refractivity contribution in [3.8, 4) is 11.5 Å². The molecule has 1 fully saturated rings. The van der Waals surface area contributed by atoms with Gasteiger partial charge in [0.05, 0.1) is 6.04 Å². The van der Waals surface area contributed by atoms with Gasteiger partial charge in [0, 0.05) is 99.8 Å². The molecular weight excluding hydrogens is 621 g/mol. The molecule has 0 saturated carbocycles. The van der Waals surface area contributed by atoms with Crippen LogP contribution >= 0.6 is 0 Å². The predicted octanol–water partition coefficient (Wildman–Crippen LogP) is 6.09. The minimum atomic E-state index is -2.87. The number of carbonyl (C=O) groups excluding carboxylic acids is 1. The van der Waals surface area contributed by atoms with Crippen molar-refractivity contribution in [3.05, 3.63) is 83.6 Å². The summed E-state index contributed by atoms with van der Waals surface area (Å²) in [6, 6.07) is 17.6. The van der Waals surface area contributed by atoms with E-state index < -0.39 is 16.7 Å². The minimum Gasteiger partial charge on any atom is -0.457 e. The van der Waals surface area contributed by atoms with Crippen LogP contribution in [0.4, 0.5) is 14.6 Å². The second-order valence-electron chi connectivity index (χ2n) is 10.6. The quantitative estimate of drug-likeness (QED) is 0.264. The molecule has 2 unspecified atom stereocenters. The van der Waals surface area contributed by atoms with E-state index in [2.05, 4.69) is 9.88 Å². The molecule has 10 heteroatoms. The zero-order chi connectivity index (χ0) is 28.3. The SMILES string of the molecule is CCC(F)(F)c1ccc(Oc2ccc3c(c2)C(CC2CN(c4ccccn4)C2)N(C(=O)CCS(C)=O)CC3)cc1.[Y]. The maximum atomic E-state index is 14.0. The van der Waals surface area contributed by atoms with Gasteiger partial charge >= 0.3 is 0 Å². The maximum absolute atomic E-state index is 14.0. The number of benzene rings is 2. The molecule has 2 aliphatic rings. The number of hydrogen-bond acceptors (Lipinski definition) is 5. The van der Waals surface area contributed by atoms with E-state index >= 15 is 0 Å². The van der Waals surface area contributed by atoms with E-state index in [4.69, 9.17) is 4.74 Å². The van der Waals surface area contributed by atoms with Crippen LogP contribution in [-0.4, -0.2) is 51.6 Å². The molecular formula is C31H35F2N3O3SY. The fourth-order valence-electron chi connectivity index (χ4n) is 5.54. The molecule has 1 aromatic heterocycles. The monoisotopic (exact) mass is 656 g/mol.